The maximum absolute atomic E-state index is 12.3. The van der Waals surface area contributed by atoms with Gasteiger partial charge in [-0.15, -0.1) is 0 Å². The summed E-state index contributed by atoms with van der Waals surface area (Å²) in [6, 6.07) is 7.60. The molecule has 0 spiro atoms. The van der Waals surface area contributed by atoms with Crippen LogP contribution < -0.4 is 0 Å². The number of carbonyl (C=O) groups is 3. The minimum absolute atomic E-state index is 0.112. The van der Waals surface area contributed by atoms with E-state index < -0.39 is 17.9 Å². The molecule has 5 nitrogen and oxygen atoms in total. The van der Waals surface area contributed by atoms with Gasteiger partial charge in [-0.1, -0.05) is 38.1 Å². The second-order valence-electron chi connectivity index (χ2n) is 6.13. The van der Waals surface area contributed by atoms with E-state index in [4.69, 9.17) is 9.84 Å². The number of aliphatic carboxylic acids is 1. The molecule has 0 radical (unpaired) electrons. The highest BCUT2D eigenvalue weighted by Gasteiger charge is 2.29. The molecule has 0 aliphatic heterocycles. The lowest BCUT2D eigenvalue weighted by atomic mass is 9.89. The second kappa shape index (κ2) is 9.85. The Morgan fingerprint density at radius 2 is 1.67 bits per heavy atom. The smallest absolute Gasteiger partial charge is 0.316 e. The summed E-state index contributed by atoms with van der Waals surface area (Å²) in [6.45, 7) is 5.53. The minimum atomic E-state index is -0.795. The van der Waals surface area contributed by atoms with E-state index in [1.165, 1.54) is 0 Å². The van der Waals surface area contributed by atoms with Gasteiger partial charge in [-0.05, 0) is 37.3 Å². The van der Waals surface area contributed by atoms with Crippen molar-refractivity contribution in [3.63, 3.8) is 0 Å². The lowest BCUT2D eigenvalue weighted by Crippen LogP contribution is -2.31. The molecule has 0 bridgehead atoms. The van der Waals surface area contributed by atoms with E-state index >= 15 is 0 Å². The van der Waals surface area contributed by atoms with Gasteiger partial charge in [-0.3, -0.25) is 14.4 Å². The maximum atomic E-state index is 12.3. The van der Waals surface area contributed by atoms with Crippen LogP contribution in [0.5, 0.6) is 0 Å². The quantitative estimate of drug-likeness (QED) is 0.525. The first-order chi connectivity index (χ1) is 11.3. The molecule has 5 heteroatoms. The highest BCUT2D eigenvalue weighted by molar-refractivity contribution is 6.00. The molecule has 0 aliphatic rings. The van der Waals surface area contributed by atoms with Gasteiger partial charge in [0.05, 0.1) is 6.61 Å². The number of ether oxygens (including phenoxy) is 1. The number of ketones is 1. The number of rotatable bonds is 10. The predicted molar refractivity (Wildman–Crippen MR) is 90.7 cm³/mol. The van der Waals surface area contributed by atoms with Crippen molar-refractivity contribution in [1.82, 2.24) is 0 Å². The van der Waals surface area contributed by atoms with Gasteiger partial charge in [-0.25, -0.2) is 0 Å². The molecule has 1 rings (SSSR count). The first-order valence-electron chi connectivity index (χ1n) is 8.35. The Balaban J connectivity index is 2.74. The zero-order valence-electron chi connectivity index (χ0n) is 14.6. The van der Waals surface area contributed by atoms with Crippen LogP contribution in [0.15, 0.2) is 24.3 Å². The molecular weight excluding hydrogens is 308 g/mol. The SMILES string of the molecule is CCOC(=O)C(Cc1ccc(CCCC(=O)O)cc1)C(=O)C(C)C. The third kappa shape index (κ3) is 6.52. The van der Waals surface area contributed by atoms with E-state index in [0.717, 1.165) is 11.1 Å². The van der Waals surface area contributed by atoms with E-state index in [0.29, 0.717) is 19.3 Å². The van der Waals surface area contributed by atoms with Gasteiger partial charge >= 0.3 is 11.9 Å². The van der Waals surface area contributed by atoms with Crippen LogP contribution in [0.1, 0.15) is 44.7 Å². The number of hydrogen-bond acceptors (Lipinski definition) is 4. The van der Waals surface area contributed by atoms with E-state index in [2.05, 4.69) is 0 Å². The Morgan fingerprint density at radius 3 is 2.17 bits per heavy atom. The van der Waals surface area contributed by atoms with Crippen molar-refractivity contribution in [2.45, 2.75) is 46.5 Å². The lowest BCUT2D eigenvalue weighted by molar-refractivity contribution is -0.152. The summed E-state index contributed by atoms with van der Waals surface area (Å²) < 4.78 is 5.03. The molecule has 0 amide bonds. The number of carbonyl (C=O) groups excluding carboxylic acids is 2. The molecule has 1 N–H and O–H groups in total. The Bertz CT molecular complexity index is 560. The fourth-order valence-electron chi connectivity index (χ4n) is 2.47. The van der Waals surface area contributed by atoms with Gasteiger partial charge in [0, 0.05) is 12.3 Å². The normalized spacial score (nSPS) is 12.0. The molecule has 0 saturated heterocycles. The molecule has 1 aromatic rings. The van der Waals surface area contributed by atoms with Gasteiger partial charge in [0.2, 0.25) is 0 Å². The fourth-order valence-corrected chi connectivity index (χ4v) is 2.47. The van der Waals surface area contributed by atoms with Crippen LogP contribution in [0.25, 0.3) is 0 Å². The first-order valence-corrected chi connectivity index (χ1v) is 8.35. The Morgan fingerprint density at radius 1 is 1.08 bits per heavy atom. The molecule has 0 saturated carbocycles. The van der Waals surface area contributed by atoms with Crippen molar-refractivity contribution in [1.29, 1.82) is 0 Å². The Kier molecular flexibility index (Phi) is 8.16. The summed E-state index contributed by atoms with van der Waals surface area (Å²) in [5.74, 6) is -2.38. The second-order valence-corrected chi connectivity index (χ2v) is 6.13. The number of carboxylic acid groups (broad SMARTS) is 1. The molecule has 0 aliphatic carbocycles. The number of aryl methyl sites for hydroxylation is 1. The number of benzene rings is 1. The summed E-state index contributed by atoms with van der Waals surface area (Å²) >= 11 is 0. The van der Waals surface area contributed by atoms with E-state index in [1.807, 2.05) is 24.3 Å². The fraction of sp³-hybridized carbons (Fsp3) is 0.526. The molecule has 1 aromatic carbocycles. The highest BCUT2D eigenvalue weighted by Crippen LogP contribution is 2.17. The maximum Gasteiger partial charge on any atom is 0.316 e. The first kappa shape index (κ1) is 19.9. The van der Waals surface area contributed by atoms with Crippen LogP contribution in [0.4, 0.5) is 0 Å². The summed E-state index contributed by atoms with van der Waals surface area (Å²) in [5.41, 5.74) is 1.94. The summed E-state index contributed by atoms with van der Waals surface area (Å²) in [4.78, 5) is 34.9. The van der Waals surface area contributed by atoms with Gasteiger partial charge in [-0.2, -0.15) is 0 Å². The Hall–Kier alpha value is -2.17. The third-order valence-corrected chi connectivity index (χ3v) is 3.80. The van der Waals surface area contributed by atoms with Crippen LogP contribution in [-0.2, 0) is 32.0 Å². The van der Waals surface area contributed by atoms with Gasteiger partial charge in [0.25, 0.3) is 0 Å². The summed E-state index contributed by atoms with van der Waals surface area (Å²) in [6.07, 6.45) is 1.76. The zero-order chi connectivity index (χ0) is 18.1. The standard InChI is InChI=1S/C19H26O5/c1-4-24-19(23)16(18(22)13(2)3)12-15-10-8-14(9-11-15)6-5-7-17(20)21/h8-11,13,16H,4-7,12H2,1-3H3,(H,20,21). The lowest BCUT2D eigenvalue weighted by Gasteiger charge is -2.17. The molecule has 0 aromatic heterocycles. The van der Waals surface area contributed by atoms with Gasteiger partial charge in [0.15, 0.2) is 0 Å². The van der Waals surface area contributed by atoms with E-state index in [1.54, 1.807) is 20.8 Å². The van der Waals surface area contributed by atoms with Crippen molar-refractivity contribution in [3.05, 3.63) is 35.4 Å². The summed E-state index contributed by atoms with van der Waals surface area (Å²) in [7, 11) is 0. The number of carboxylic acids is 1. The van der Waals surface area contributed by atoms with Crippen molar-refractivity contribution < 1.29 is 24.2 Å². The van der Waals surface area contributed by atoms with E-state index in [-0.39, 0.29) is 24.7 Å². The van der Waals surface area contributed by atoms with Crippen LogP contribution in [-0.4, -0.2) is 29.4 Å². The molecule has 1 atom stereocenters. The van der Waals surface area contributed by atoms with Crippen LogP contribution in [0.3, 0.4) is 0 Å². The molecule has 132 valence electrons. The topological polar surface area (TPSA) is 80.7 Å². The molecular formula is C19H26O5. The number of Topliss-reactive ketones (excluding diaryl/α,β-unsaturated/α-hetero) is 1. The van der Waals surface area contributed by atoms with Crippen molar-refractivity contribution in [2.24, 2.45) is 11.8 Å². The van der Waals surface area contributed by atoms with Crippen molar-refractivity contribution in [2.75, 3.05) is 6.61 Å². The van der Waals surface area contributed by atoms with Crippen molar-refractivity contribution in [3.8, 4) is 0 Å². The van der Waals surface area contributed by atoms with Crippen LogP contribution in [0, 0.1) is 11.8 Å². The molecule has 24 heavy (non-hydrogen) atoms. The number of hydrogen-bond donors (Lipinski definition) is 1. The van der Waals surface area contributed by atoms with Crippen molar-refractivity contribution >= 4 is 17.7 Å². The predicted octanol–water partition coefficient (Wildman–Crippen LogP) is 3.04. The molecule has 0 fully saturated rings. The highest BCUT2D eigenvalue weighted by atomic mass is 16.5. The molecule has 0 heterocycles. The van der Waals surface area contributed by atoms with Crippen LogP contribution >= 0.6 is 0 Å². The van der Waals surface area contributed by atoms with Gasteiger partial charge < -0.3 is 9.84 Å². The molecule has 1 unspecified atom stereocenters. The average Bonchev–Trinajstić information content (AvgIpc) is 2.53. The van der Waals surface area contributed by atoms with Gasteiger partial charge in [0.1, 0.15) is 11.7 Å². The monoisotopic (exact) mass is 334 g/mol. The zero-order valence-corrected chi connectivity index (χ0v) is 14.6. The Labute approximate surface area is 143 Å². The van der Waals surface area contributed by atoms with E-state index in [9.17, 15) is 14.4 Å². The average molecular weight is 334 g/mol. The summed E-state index contributed by atoms with van der Waals surface area (Å²) in [5, 5.41) is 8.65. The van der Waals surface area contributed by atoms with Crippen LogP contribution in [0.2, 0.25) is 0 Å². The largest absolute Gasteiger partial charge is 0.481 e. The number of esters is 1. The third-order valence-electron chi connectivity index (χ3n) is 3.80. The minimum Gasteiger partial charge on any atom is -0.481 e.